The van der Waals surface area contributed by atoms with Gasteiger partial charge in [0.2, 0.25) is 0 Å². The fourth-order valence-electron chi connectivity index (χ4n) is 2.21. The fraction of sp³-hybridized carbons (Fsp3) is 0.500. The van der Waals surface area contributed by atoms with E-state index in [4.69, 9.17) is 22.1 Å². The first-order chi connectivity index (χ1) is 6.75. The smallest absolute Gasteiger partial charge is 0.143 e. The van der Waals surface area contributed by atoms with Gasteiger partial charge >= 0.3 is 0 Å². The summed E-state index contributed by atoms with van der Waals surface area (Å²) in [6.07, 6.45) is 3.83. The Morgan fingerprint density at radius 3 is 2.75 bits per heavy atom. The van der Waals surface area contributed by atoms with Gasteiger partial charge in [-0.1, -0.05) is 11.6 Å². The molecule has 1 spiro atoms. The van der Waals surface area contributed by atoms with Gasteiger partial charge in [-0.25, -0.2) is 0 Å². The molecule has 1 aromatic heterocycles. The van der Waals surface area contributed by atoms with Crippen molar-refractivity contribution in [1.29, 1.82) is 0 Å². The molecule has 3 rings (SSSR count). The summed E-state index contributed by atoms with van der Waals surface area (Å²) in [6.45, 7) is 0.599. The molecule has 1 aromatic rings. The summed E-state index contributed by atoms with van der Waals surface area (Å²) in [5.74, 6) is 1.08. The molecule has 0 aromatic carbocycles. The van der Waals surface area contributed by atoms with Crippen LogP contribution in [0.5, 0.6) is 5.75 Å². The SMILES string of the molecule is Cl.Cl.NC[C@H]1c2ncc(Cl)cc2OC12CC2. The highest BCUT2D eigenvalue weighted by molar-refractivity contribution is 6.30. The minimum absolute atomic E-state index is 0. The number of hydrogen-bond acceptors (Lipinski definition) is 3. The molecular weight excluding hydrogens is 270 g/mol. The first kappa shape index (κ1) is 13.8. The topological polar surface area (TPSA) is 48.1 Å². The van der Waals surface area contributed by atoms with Gasteiger partial charge in [0, 0.05) is 18.8 Å². The van der Waals surface area contributed by atoms with E-state index in [0.717, 1.165) is 24.3 Å². The molecule has 1 aliphatic heterocycles. The Hall–Kier alpha value is -0.220. The van der Waals surface area contributed by atoms with E-state index in [9.17, 15) is 0 Å². The van der Waals surface area contributed by atoms with Crippen LogP contribution in [0.1, 0.15) is 24.5 Å². The van der Waals surface area contributed by atoms with Gasteiger partial charge in [-0.15, -0.1) is 24.8 Å². The minimum Gasteiger partial charge on any atom is -0.485 e. The van der Waals surface area contributed by atoms with Crippen molar-refractivity contribution < 1.29 is 4.74 Å². The molecule has 1 saturated carbocycles. The lowest BCUT2D eigenvalue weighted by Gasteiger charge is -2.14. The molecular formula is C10H13Cl3N2O. The van der Waals surface area contributed by atoms with Gasteiger partial charge in [-0.3, -0.25) is 4.98 Å². The average Bonchev–Trinajstić information content (AvgIpc) is 2.81. The maximum atomic E-state index is 5.86. The van der Waals surface area contributed by atoms with Crippen LogP contribution in [-0.2, 0) is 0 Å². The van der Waals surface area contributed by atoms with Crippen molar-refractivity contribution >= 4 is 36.4 Å². The Morgan fingerprint density at radius 2 is 2.19 bits per heavy atom. The van der Waals surface area contributed by atoms with Crippen LogP contribution in [0, 0.1) is 0 Å². The highest BCUT2D eigenvalue weighted by Crippen LogP contribution is 2.56. The van der Waals surface area contributed by atoms with E-state index in [0.29, 0.717) is 11.6 Å². The summed E-state index contributed by atoms with van der Waals surface area (Å²) in [5.41, 5.74) is 6.70. The van der Waals surface area contributed by atoms with E-state index >= 15 is 0 Å². The molecule has 3 nitrogen and oxygen atoms in total. The van der Waals surface area contributed by atoms with Crippen LogP contribution in [0.3, 0.4) is 0 Å². The second-order valence-electron chi connectivity index (χ2n) is 3.99. The van der Waals surface area contributed by atoms with Gasteiger partial charge in [0.1, 0.15) is 11.4 Å². The van der Waals surface area contributed by atoms with Crippen LogP contribution in [0.15, 0.2) is 12.3 Å². The lowest BCUT2D eigenvalue weighted by molar-refractivity contribution is 0.184. The maximum absolute atomic E-state index is 5.86. The van der Waals surface area contributed by atoms with Crippen molar-refractivity contribution in [2.75, 3.05) is 6.54 Å². The van der Waals surface area contributed by atoms with E-state index in [2.05, 4.69) is 4.98 Å². The van der Waals surface area contributed by atoms with E-state index in [1.165, 1.54) is 0 Å². The van der Waals surface area contributed by atoms with Crippen molar-refractivity contribution in [2.24, 2.45) is 5.73 Å². The van der Waals surface area contributed by atoms with Crippen molar-refractivity contribution in [3.05, 3.63) is 23.0 Å². The van der Waals surface area contributed by atoms with E-state index < -0.39 is 0 Å². The van der Waals surface area contributed by atoms with E-state index in [-0.39, 0.29) is 36.3 Å². The Balaban J connectivity index is 0.000000640. The Kier molecular flexibility index (Phi) is 3.95. The standard InChI is InChI=1S/C10H11ClN2O.2ClH/c11-6-3-8-9(13-5-6)7(4-12)10(14-8)1-2-10;;/h3,5,7H,1-2,4,12H2;2*1H/t7-;;/m0../s1. The molecule has 1 fully saturated rings. The predicted octanol–water partition coefficient (Wildman–Crippen LogP) is 2.55. The molecule has 6 heteroatoms. The molecule has 2 N–H and O–H groups in total. The normalized spacial score (nSPS) is 22.8. The largest absolute Gasteiger partial charge is 0.485 e. The number of halogens is 3. The number of nitrogens with zero attached hydrogens (tertiary/aromatic N) is 1. The van der Waals surface area contributed by atoms with Crippen LogP contribution < -0.4 is 10.5 Å². The molecule has 90 valence electrons. The number of aromatic nitrogens is 1. The summed E-state index contributed by atoms with van der Waals surface area (Å²) >= 11 is 5.85. The Bertz CT molecular complexity index is 396. The lowest BCUT2D eigenvalue weighted by Crippen LogP contribution is -2.27. The molecule has 0 bridgehead atoms. The maximum Gasteiger partial charge on any atom is 0.143 e. The summed E-state index contributed by atoms with van der Waals surface area (Å²) in [5, 5.41) is 0.622. The lowest BCUT2D eigenvalue weighted by atomic mass is 9.98. The quantitative estimate of drug-likeness (QED) is 0.861. The van der Waals surface area contributed by atoms with Crippen LogP contribution >= 0.6 is 36.4 Å². The fourth-order valence-corrected chi connectivity index (χ4v) is 2.36. The Labute approximate surface area is 112 Å². The summed E-state index contributed by atoms with van der Waals surface area (Å²) in [6, 6.07) is 1.83. The van der Waals surface area contributed by atoms with Gasteiger partial charge in [-0.05, 0) is 12.8 Å². The zero-order chi connectivity index (χ0) is 9.76. The number of rotatable bonds is 1. The highest BCUT2D eigenvalue weighted by atomic mass is 35.5. The Morgan fingerprint density at radius 1 is 1.50 bits per heavy atom. The zero-order valence-corrected chi connectivity index (χ0v) is 10.9. The van der Waals surface area contributed by atoms with Gasteiger partial charge in [-0.2, -0.15) is 0 Å². The van der Waals surface area contributed by atoms with Crippen LogP contribution in [0.2, 0.25) is 5.02 Å². The van der Waals surface area contributed by atoms with Crippen molar-refractivity contribution in [1.82, 2.24) is 4.98 Å². The van der Waals surface area contributed by atoms with Crippen molar-refractivity contribution in [2.45, 2.75) is 24.4 Å². The molecule has 0 unspecified atom stereocenters. The van der Waals surface area contributed by atoms with Crippen molar-refractivity contribution in [3.8, 4) is 5.75 Å². The highest BCUT2D eigenvalue weighted by Gasteiger charge is 2.57. The number of pyridine rings is 1. The number of nitrogens with two attached hydrogens (primary N) is 1. The van der Waals surface area contributed by atoms with Gasteiger partial charge in [0.05, 0.1) is 16.6 Å². The van der Waals surface area contributed by atoms with Crippen molar-refractivity contribution in [3.63, 3.8) is 0 Å². The number of hydrogen-bond donors (Lipinski definition) is 1. The number of fused-ring (bicyclic) bond motifs is 1. The third-order valence-electron chi connectivity index (χ3n) is 3.11. The average molecular weight is 284 g/mol. The molecule has 2 aliphatic rings. The molecule has 2 heterocycles. The van der Waals surface area contributed by atoms with E-state index in [1.807, 2.05) is 6.07 Å². The third kappa shape index (κ3) is 1.86. The third-order valence-corrected chi connectivity index (χ3v) is 3.31. The second-order valence-corrected chi connectivity index (χ2v) is 4.43. The number of ether oxygens (including phenoxy) is 1. The first-order valence-electron chi connectivity index (χ1n) is 4.80. The molecule has 16 heavy (non-hydrogen) atoms. The molecule has 1 atom stereocenters. The molecule has 0 saturated heterocycles. The van der Waals surface area contributed by atoms with Gasteiger partial charge in [0.25, 0.3) is 0 Å². The summed E-state index contributed by atoms with van der Waals surface area (Å²) in [7, 11) is 0. The van der Waals surface area contributed by atoms with E-state index in [1.54, 1.807) is 6.20 Å². The van der Waals surface area contributed by atoms with Crippen LogP contribution in [-0.4, -0.2) is 17.1 Å². The summed E-state index contributed by atoms with van der Waals surface area (Å²) in [4.78, 5) is 4.31. The minimum atomic E-state index is -0.0330. The van der Waals surface area contributed by atoms with Gasteiger partial charge in [0.15, 0.2) is 0 Å². The monoisotopic (exact) mass is 282 g/mol. The molecule has 1 aliphatic carbocycles. The molecule has 0 radical (unpaired) electrons. The first-order valence-corrected chi connectivity index (χ1v) is 5.17. The van der Waals surface area contributed by atoms with Crippen LogP contribution in [0.25, 0.3) is 0 Å². The van der Waals surface area contributed by atoms with Gasteiger partial charge < -0.3 is 10.5 Å². The summed E-state index contributed by atoms with van der Waals surface area (Å²) < 4.78 is 5.86. The predicted molar refractivity (Wildman–Crippen MR) is 68.1 cm³/mol. The molecule has 0 amide bonds. The zero-order valence-electron chi connectivity index (χ0n) is 8.48. The second kappa shape index (κ2) is 4.57. The van der Waals surface area contributed by atoms with Crippen LogP contribution in [0.4, 0.5) is 0 Å².